The highest BCUT2D eigenvalue weighted by molar-refractivity contribution is 6.14. The van der Waals surface area contributed by atoms with Gasteiger partial charge in [0, 0.05) is 37.6 Å². The number of nitrogens with zero attached hydrogens (tertiary/aromatic N) is 2. The van der Waals surface area contributed by atoms with E-state index in [9.17, 15) is 0 Å². The Kier molecular flexibility index (Phi) is 36.8. The van der Waals surface area contributed by atoms with Crippen LogP contribution in [0.25, 0.3) is 45.8 Å². The minimum absolute atomic E-state index is 1.17. The molecule has 0 spiro atoms. The molecular weight excluding hydrogens is 965 g/mol. The van der Waals surface area contributed by atoms with Gasteiger partial charge in [-0.25, -0.2) is 0 Å². The van der Waals surface area contributed by atoms with Crippen molar-refractivity contribution >= 4 is 57.2 Å². The first-order valence-corrected chi connectivity index (χ1v) is 34.7. The third kappa shape index (κ3) is 27.2. The zero-order valence-corrected chi connectivity index (χ0v) is 52.6. The predicted molar refractivity (Wildman–Crippen MR) is 364 cm³/mol. The van der Waals surface area contributed by atoms with E-state index in [0.717, 1.165) is 0 Å². The molecule has 0 saturated carbocycles. The molecule has 0 saturated heterocycles. The number of hydrogen-bond donors (Lipinski definition) is 0. The van der Waals surface area contributed by atoms with Crippen LogP contribution in [0.5, 0.6) is 0 Å². The lowest BCUT2D eigenvalue weighted by atomic mass is 9.91. The second kappa shape index (κ2) is 44.3. The summed E-state index contributed by atoms with van der Waals surface area (Å²) in [6.07, 6.45) is 65.0. The van der Waals surface area contributed by atoms with Gasteiger partial charge in [-0.15, -0.1) is 0 Å². The maximum Gasteiger partial charge on any atom is 0.0366 e. The number of fused-ring (bicyclic) bond motifs is 2. The van der Waals surface area contributed by atoms with E-state index in [4.69, 9.17) is 0 Å². The predicted octanol–water partition coefficient (Wildman–Crippen LogP) is 25.6. The monoisotopic (exact) mass is 1080 g/mol. The zero-order chi connectivity index (χ0) is 56.2. The molecule has 5 rings (SSSR count). The summed E-state index contributed by atoms with van der Waals surface area (Å²) in [6, 6.07) is 37.2. The lowest BCUT2D eigenvalue weighted by Gasteiger charge is -2.25. The fourth-order valence-corrected chi connectivity index (χ4v) is 12.4. The molecule has 0 heterocycles. The van der Waals surface area contributed by atoms with E-state index in [-0.39, 0.29) is 0 Å². The van der Waals surface area contributed by atoms with Crippen LogP contribution in [-0.4, -0.2) is 26.2 Å². The van der Waals surface area contributed by atoms with Gasteiger partial charge in [0.1, 0.15) is 0 Å². The SMILES string of the molecule is CCCCCCCCCCCCN(CCCCCCCCCCCC)c1ccc(C=Cc2c3ccccc3c(C=Cc3ccc(N(CCCCCCCCCCCC)CCCCCCCCCCCC)cc3)c3ccccc23)cc1. The van der Waals surface area contributed by atoms with Crippen LogP contribution in [0.3, 0.4) is 0 Å². The molecule has 80 heavy (non-hydrogen) atoms. The van der Waals surface area contributed by atoms with Crippen LogP contribution in [0.2, 0.25) is 0 Å². The lowest BCUT2D eigenvalue weighted by molar-refractivity contribution is 0.543. The Morgan fingerprint density at radius 3 is 0.637 bits per heavy atom. The number of anilines is 2. The van der Waals surface area contributed by atoms with Crippen molar-refractivity contribution in [2.75, 3.05) is 36.0 Å². The van der Waals surface area contributed by atoms with Gasteiger partial charge < -0.3 is 9.80 Å². The molecule has 2 heteroatoms. The first-order chi connectivity index (χ1) is 39.7. The van der Waals surface area contributed by atoms with Crippen LogP contribution < -0.4 is 9.80 Å². The molecule has 0 amide bonds. The average Bonchev–Trinajstić information content (AvgIpc) is 3.54. The molecule has 2 nitrogen and oxygen atoms in total. The third-order valence-corrected chi connectivity index (χ3v) is 17.5. The summed E-state index contributed by atoms with van der Waals surface area (Å²) in [5.41, 5.74) is 7.91. The number of rotatable bonds is 50. The Bertz CT molecular complexity index is 2050. The van der Waals surface area contributed by atoms with Gasteiger partial charge in [-0.2, -0.15) is 0 Å². The molecule has 0 unspecified atom stereocenters. The van der Waals surface area contributed by atoms with Gasteiger partial charge in [0.15, 0.2) is 0 Å². The van der Waals surface area contributed by atoms with Gasteiger partial charge in [-0.1, -0.05) is 356 Å². The minimum Gasteiger partial charge on any atom is -0.372 e. The van der Waals surface area contributed by atoms with Crippen LogP contribution in [0.4, 0.5) is 11.4 Å². The van der Waals surface area contributed by atoms with Crippen molar-refractivity contribution in [2.45, 2.75) is 285 Å². The summed E-state index contributed by atoms with van der Waals surface area (Å²) < 4.78 is 0. The number of hydrogen-bond acceptors (Lipinski definition) is 2. The Labute approximate surface area is 494 Å². The Hall–Kier alpha value is -4.30. The van der Waals surface area contributed by atoms with E-state index < -0.39 is 0 Å². The van der Waals surface area contributed by atoms with Crippen molar-refractivity contribution in [2.24, 2.45) is 0 Å². The van der Waals surface area contributed by atoms with Crippen LogP contribution in [0.1, 0.15) is 307 Å². The molecule has 0 aliphatic rings. The quantitative estimate of drug-likeness (QED) is 0.0218. The van der Waals surface area contributed by atoms with E-state index in [1.807, 2.05) is 0 Å². The minimum atomic E-state index is 1.17. The van der Waals surface area contributed by atoms with Crippen molar-refractivity contribution in [1.82, 2.24) is 0 Å². The van der Waals surface area contributed by atoms with Crippen LogP contribution >= 0.6 is 0 Å². The van der Waals surface area contributed by atoms with Crippen molar-refractivity contribution in [3.8, 4) is 0 Å². The van der Waals surface area contributed by atoms with E-state index >= 15 is 0 Å². The van der Waals surface area contributed by atoms with Crippen molar-refractivity contribution in [1.29, 1.82) is 0 Å². The van der Waals surface area contributed by atoms with Gasteiger partial charge in [0.05, 0.1) is 0 Å². The van der Waals surface area contributed by atoms with Crippen molar-refractivity contribution in [3.05, 3.63) is 119 Å². The average molecular weight is 1090 g/mol. The van der Waals surface area contributed by atoms with E-state index in [1.54, 1.807) is 0 Å². The normalized spacial score (nSPS) is 11.8. The van der Waals surface area contributed by atoms with Gasteiger partial charge >= 0.3 is 0 Å². The van der Waals surface area contributed by atoms with Crippen LogP contribution in [0, 0.1) is 0 Å². The molecule has 0 aliphatic heterocycles. The summed E-state index contributed by atoms with van der Waals surface area (Å²) in [5.74, 6) is 0. The van der Waals surface area contributed by atoms with Crippen molar-refractivity contribution < 1.29 is 0 Å². The molecule has 0 N–H and O–H groups in total. The molecule has 0 bridgehead atoms. The fourth-order valence-electron chi connectivity index (χ4n) is 12.4. The van der Waals surface area contributed by atoms with E-state index in [1.165, 1.54) is 338 Å². The standard InChI is InChI=1S/C78H120N2/c1-5-9-13-17-21-25-29-33-37-45-65-79(66-46-38-34-30-26-22-18-14-10-6-2)71-59-53-69(54-60-71)57-63-77-73-49-41-43-51-75(73)78(76-52-44-42-50-74(76)77)64-58-70-55-61-72(62-56-70)80(67-47-39-35-31-27-23-19-15-11-7-3)68-48-40-36-32-28-24-20-16-12-8-4/h41-44,49-64H,5-40,45-48,65-68H2,1-4H3. The smallest absolute Gasteiger partial charge is 0.0366 e. The van der Waals surface area contributed by atoms with Gasteiger partial charge in [-0.05, 0) is 93.7 Å². The second-order valence-corrected chi connectivity index (χ2v) is 24.5. The molecule has 0 atom stereocenters. The summed E-state index contributed by atoms with van der Waals surface area (Å²) in [4.78, 5) is 5.42. The zero-order valence-electron chi connectivity index (χ0n) is 52.6. The summed E-state index contributed by atoms with van der Waals surface area (Å²) >= 11 is 0. The maximum atomic E-state index is 2.71. The lowest BCUT2D eigenvalue weighted by Crippen LogP contribution is -2.25. The largest absolute Gasteiger partial charge is 0.372 e. The topological polar surface area (TPSA) is 6.48 Å². The number of unbranched alkanes of at least 4 members (excludes halogenated alkanes) is 36. The molecule has 0 radical (unpaired) electrons. The molecule has 0 aliphatic carbocycles. The highest BCUT2D eigenvalue weighted by atomic mass is 15.1. The summed E-state index contributed by atoms with van der Waals surface area (Å²) in [6.45, 7) is 13.9. The fraction of sp³-hybridized carbons (Fsp3) is 0.615. The highest BCUT2D eigenvalue weighted by Gasteiger charge is 2.13. The molecule has 0 aromatic heterocycles. The molecular formula is C78H120N2. The Morgan fingerprint density at radius 2 is 0.425 bits per heavy atom. The molecule has 0 fully saturated rings. The summed E-state index contributed by atoms with van der Waals surface area (Å²) in [5, 5.41) is 5.23. The molecule has 5 aromatic carbocycles. The Morgan fingerprint density at radius 1 is 0.225 bits per heavy atom. The highest BCUT2D eigenvalue weighted by Crippen LogP contribution is 2.36. The first kappa shape index (κ1) is 66.5. The Balaban J connectivity index is 1.23. The van der Waals surface area contributed by atoms with Gasteiger partial charge in [0.25, 0.3) is 0 Å². The van der Waals surface area contributed by atoms with E-state index in [2.05, 4.69) is 159 Å². The third-order valence-electron chi connectivity index (χ3n) is 17.5. The van der Waals surface area contributed by atoms with Crippen LogP contribution in [-0.2, 0) is 0 Å². The maximum absolute atomic E-state index is 2.71. The van der Waals surface area contributed by atoms with E-state index in [0.29, 0.717) is 0 Å². The van der Waals surface area contributed by atoms with Gasteiger partial charge in [-0.3, -0.25) is 0 Å². The first-order valence-electron chi connectivity index (χ1n) is 34.7. The summed E-state index contributed by atoms with van der Waals surface area (Å²) in [7, 11) is 0. The molecule has 5 aromatic rings. The van der Waals surface area contributed by atoms with Crippen molar-refractivity contribution in [3.63, 3.8) is 0 Å². The van der Waals surface area contributed by atoms with Crippen LogP contribution in [0.15, 0.2) is 97.1 Å². The number of benzene rings is 5. The molecule has 442 valence electrons. The second-order valence-electron chi connectivity index (χ2n) is 24.5. The van der Waals surface area contributed by atoms with Gasteiger partial charge in [0.2, 0.25) is 0 Å².